The highest BCUT2D eigenvalue weighted by Gasteiger charge is 2.44. The van der Waals surface area contributed by atoms with Gasteiger partial charge >= 0.3 is 5.97 Å². The molecule has 1 heterocycles. The number of nitrogens with zero attached hydrogens (tertiary/aromatic N) is 1. The van der Waals surface area contributed by atoms with Crippen LogP contribution in [0.3, 0.4) is 0 Å². The maximum Gasteiger partial charge on any atom is 0.307 e. The van der Waals surface area contributed by atoms with Crippen molar-refractivity contribution in [3.8, 4) is 0 Å². The van der Waals surface area contributed by atoms with Crippen molar-refractivity contribution in [1.82, 2.24) is 4.90 Å². The van der Waals surface area contributed by atoms with Crippen LogP contribution in [0.4, 0.5) is 0 Å². The van der Waals surface area contributed by atoms with Crippen LogP contribution in [0.5, 0.6) is 0 Å². The second-order valence-corrected chi connectivity index (χ2v) is 5.92. The number of carboxylic acids is 1. The summed E-state index contributed by atoms with van der Waals surface area (Å²) in [6.07, 6.45) is 3.09. The first-order chi connectivity index (χ1) is 9.06. The Morgan fingerprint density at radius 3 is 2.42 bits per heavy atom. The third-order valence-electron chi connectivity index (χ3n) is 4.73. The van der Waals surface area contributed by atoms with E-state index in [4.69, 9.17) is 5.11 Å². The van der Waals surface area contributed by atoms with Crippen molar-refractivity contribution < 1.29 is 19.8 Å². The van der Waals surface area contributed by atoms with Crippen LogP contribution in [0.25, 0.3) is 0 Å². The molecule has 0 spiro atoms. The van der Waals surface area contributed by atoms with Gasteiger partial charge in [-0.25, -0.2) is 0 Å². The predicted octanol–water partition coefficient (Wildman–Crippen LogP) is 0.964. The molecule has 5 heteroatoms. The summed E-state index contributed by atoms with van der Waals surface area (Å²) >= 11 is 0. The maximum absolute atomic E-state index is 12.5. The van der Waals surface area contributed by atoms with Crippen LogP contribution in [-0.2, 0) is 9.59 Å². The van der Waals surface area contributed by atoms with Crippen LogP contribution in [0.1, 0.15) is 32.6 Å². The molecule has 1 aliphatic heterocycles. The highest BCUT2D eigenvalue weighted by molar-refractivity contribution is 5.85. The van der Waals surface area contributed by atoms with Crippen molar-refractivity contribution >= 4 is 11.9 Å². The number of aliphatic carboxylic acids is 1. The highest BCUT2D eigenvalue weighted by Crippen LogP contribution is 2.40. The number of carbonyl (C=O) groups excluding carboxylic acids is 1. The topological polar surface area (TPSA) is 77.8 Å². The minimum absolute atomic E-state index is 0.0145. The van der Waals surface area contributed by atoms with E-state index in [-0.39, 0.29) is 24.3 Å². The molecule has 2 aliphatic rings. The fourth-order valence-electron chi connectivity index (χ4n) is 3.44. The molecule has 1 saturated heterocycles. The zero-order valence-electron chi connectivity index (χ0n) is 11.4. The van der Waals surface area contributed by atoms with E-state index in [0.717, 1.165) is 12.8 Å². The zero-order valence-corrected chi connectivity index (χ0v) is 11.4. The normalized spacial score (nSPS) is 34.7. The second kappa shape index (κ2) is 5.90. The number of hydrogen-bond donors (Lipinski definition) is 2. The number of hydrogen-bond acceptors (Lipinski definition) is 3. The zero-order chi connectivity index (χ0) is 14.0. The van der Waals surface area contributed by atoms with E-state index in [1.54, 1.807) is 4.90 Å². The number of aliphatic hydroxyl groups excluding tert-OH is 1. The summed E-state index contributed by atoms with van der Waals surface area (Å²) in [6.45, 7) is 3.39. The molecule has 5 nitrogen and oxygen atoms in total. The Kier molecular flexibility index (Phi) is 4.45. The molecule has 108 valence electrons. The average molecular weight is 269 g/mol. The monoisotopic (exact) mass is 269 g/mol. The van der Waals surface area contributed by atoms with Crippen LogP contribution in [-0.4, -0.2) is 46.7 Å². The van der Waals surface area contributed by atoms with Crippen molar-refractivity contribution in [2.75, 3.05) is 19.7 Å². The van der Waals surface area contributed by atoms with E-state index in [9.17, 15) is 14.7 Å². The molecule has 1 aliphatic carbocycles. The minimum atomic E-state index is -0.841. The predicted molar refractivity (Wildman–Crippen MR) is 69.4 cm³/mol. The van der Waals surface area contributed by atoms with Gasteiger partial charge in [0.25, 0.3) is 0 Å². The van der Waals surface area contributed by atoms with Crippen LogP contribution in [0.15, 0.2) is 0 Å². The van der Waals surface area contributed by atoms with Gasteiger partial charge in [-0.1, -0.05) is 13.3 Å². The molecule has 0 aromatic carbocycles. The number of carboxylic acid groups (broad SMARTS) is 1. The van der Waals surface area contributed by atoms with E-state index in [2.05, 4.69) is 0 Å². The lowest BCUT2D eigenvalue weighted by atomic mass is 9.95. The second-order valence-electron chi connectivity index (χ2n) is 5.92. The summed E-state index contributed by atoms with van der Waals surface area (Å²) < 4.78 is 0. The van der Waals surface area contributed by atoms with Crippen molar-refractivity contribution in [3.05, 3.63) is 0 Å². The van der Waals surface area contributed by atoms with Gasteiger partial charge in [-0.3, -0.25) is 9.59 Å². The largest absolute Gasteiger partial charge is 0.481 e. The third kappa shape index (κ3) is 2.91. The van der Waals surface area contributed by atoms with E-state index in [1.165, 1.54) is 0 Å². The molecule has 0 bridgehead atoms. The Morgan fingerprint density at radius 1 is 1.21 bits per heavy atom. The number of carbonyl (C=O) groups is 2. The van der Waals surface area contributed by atoms with Gasteiger partial charge in [-0.05, 0) is 25.2 Å². The van der Waals surface area contributed by atoms with Crippen molar-refractivity contribution in [2.45, 2.75) is 32.6 Å². The Balaban J connectivity index is 2.03. The van der Waals surface area contributed by atoms with Crippen molar-refractivity contribution in [3.63, 3.8) is 0 Å². The number of amides is 1. The van der Waals surface area contributed by atoms with Crippen LogP contribution in [0, 0.1) is 23.7 Å². The Hall–Kier alpha value is -1.10. The van der Waals surface area contributed by atoms with Gasteiger partial charge < -0.3 is 15.1 Å². The molecule has 4 unspecified atom stereocenters. The van der Waals surface area contributed by atoms with E-state index >= 15 is 0 Å². The smallest absolute Gasteiger partial charge is 0.307 e. The van der Waals surface area contributed by atoms with Gasteiger partial charge in [0.1, 0.15) is 0 Å². The number of likely N-dealkylation sites (tertiary alicyclic amines) is 1. The Bertz CT molecular complexity index is 357. The maximum atomic E-state index is 12.5. The molecule has 1 saturated carbocycles. The van der Waals surface area contributed by atoms with Gasteiger partial charge in [0, 0.05) is 25.6 Å². The minimum Gasteiger partial charge on any atom is -0.481 e. The molecule has 1 amide bonds. The van der Waals surface area contributed by atoms with E-state index < -0.39 is 11.9 Å². The first kappa shape index (κ1) is 14.3. The van der Waals surface area contributed by atoms with Crippen LogP contribution < -0.4 is 0 Å². The van der Waals surface area contributed by atoms with E-state index in [1.807, 2.05) is 6.92 Å². The molecule has 19 heavy (non-hydrogen) atoms. The summed E-state index contributed by atoms with van der Waals surface area (Å²) in [6, 6.07) is 0. The lowest BCUT2D eigenvalue weighted by Gasteiger charge is -2.23. The summed E-state index contributed by atoms with van der Waals surface area (Å²) in [5.41, 5.74) is 0. The number of aliphatic hydroxyl groups is 1. The van der Waals surface area contributed by atoms with Crippen molar-refractivity contribution in [2.24, 2.45) is 23.7 Å². The molecule has 2 N–H and O–H groups in total. The standard InChI is InChI=1S/C14H23NO4/c1-2-9-5-11(12(6-9)14(18)19)13(17)15-4-3-10(7-15)8-16/h9-12,16H,2-8H2,1H3,(H,18,19). The summed E-state index contributed by atoms with van der Waals surface area (Å²) in [5, 5.41) is 18.4. The van der Waals surface area contributed by atoms with Crippen molar-refractivity contribution in [1.29, 1.82) is 0 Å². The summed E-state index contributed by atoms with van der Waals surface area (Å²) in [4.78, 5) is 25.5. The molecule has 0 aromatic heterocycles. The molecule has 0 aromatic rings. The summed E-state index contributed by atoms with van der Waals surface area (Å²) in [5.74, 6) is -1.22. The molecule has 2 fully saturated rings. The van der Waals surface area contributed by atoms with Gasteiger partial charge in [0.2, 0.25) is 5.91 Å². The quantitative estimate of drug-likeness (QED) is 0.797. The van der Waals surface area contributed by atoms with E-state index in [0.29, 0.717) is 31.8 Å². The summed E-state index contributed by atoms with van der Waals surface area (Å²) in [7, 11) is 0. The molecule has 4 atom stereocenters. The molecular weight excluding hydrogens is 246 g/mol. The Morgan fingerprint density at radius 2 is 1.89 bits per heavy atom. The molecular formula is C14H23NO4. The SMILES string of the molecule is CCC1CC(C(=O)O)C(C(=O)N2CCC(CO)C2)C1. The highest BCUT2D eigenvalue weighted by atomic mass is 16.4. The lowest BCUT2D eigenvalue weighted by Crippen LogP contribution is -2.38. The first-order valence-corrected chi connectivity index (χ1v) is 7.19. The molecule has 2 rings (SSSR count). The molecule has 0 radical (unpaired) electrons. The van der Waals surface area contributed by atoms with Gasteiger partial charge in [-0.2, -0.15) is 0 Å². The fraction of sp³-hybridized carbons (Fsp3) is 0.857. The van der Waals surface area contributed by atoms with Gasteiger partial charge in [0.05, 0.1) is 11.8 Å². The fourth-order valence-corrected chi connectivity index (χ4v) is 3.44. The average Bonchev–Trinajstić information content (AvgIpc) is 3.04. The number of rotatable bonds is 4. The van der Waals surface area contributed by atoms with Gasteiger partial charge in [-0.15, -0.1) is 0 Å². The first-order valence-electron chi connectivity index (χ1n) is 7.19. The lowest BCUT2D eigenvalue weighted by molar-refractivity contribution is -0.148. The Labute approximate surface area is 113 Å². The van der Waals surface area contributed by atoms with Crippen LogP contribution >= 0.6 is 0 Å². The van der Waals surface area contributed by atoms with Gasteiger partial charge in [0.15, 0.2) is 0 Å². The third-order valence-corrected chi connectivity index (χ3v) is 4.73. The van der Waals surface area contributed by atoms with Crippen LogP contribution in [0.2, 0.25) is 0 Å².